The normalized spacial score (nSPS) is 17.7. The fraction of sp³-hybridized carbons (Fsp3) is 0.400. The van der Waals surface area contributed by atoms with E-state index in [9.17, 15) is 0 Å². The summed E-state index contributed by atoms with van der Waals surface area (Å²) in [6.07, 6.45) is 5.84. The topological polar surface area (TPSA) is 61.3 Å². The van der Waals surface area contributed by atoms with Gasteiger partial charge in [0.05, 0.1) is 0 Å². The van der Waals surface area contributed by atoms with Gasteiger partial charge in [-0.2, -0.15) is 9.97 Å². The Balaban J connectivity index is 1.44. The summed E-state index contributed by atoms with van der Waals surface area (Å²) in [5, 5.41) is 0. The molecule has 1 aromatic carbocycles. The molecule has 27 heavy (non-hydrogen) atoms. The van der Waals surface area contributed by atoms with E-state index in [1.807, 2.05) is 0 Å². The van der Waals surface area contributed by atoms with Gasteiger partial charge in [0.1, 0.15) is 0 Å². The van der Waals surface area contributed by atoms with Gasteiger partial charge in [-0.3, -0.25) is 0 Å². The molecule has 0 saturated carbocycles. The third-order valence-electron chi connectivity index (χ3n) is 5.39. The molecule has 0 amide bonds. The van der Waals surface area contributed by atoms with Crippen LogP contribution in [0.3, 0.4) is 0 Å². The number of nitrogens with zero attached hydrogens (tertiary/aromatic N) is 7. The van der Waals surface area contributed by atoms with Gasteiger partial charge < -0.3 is 14.7 Å². The van der Waals surface area contributed by atoms with Crippen LogP contribution in [0.2, 0.25) is 0 Å². The second-order valence-electron chi connectivity index (χ2n) is 7.08. The van der Waals surface area contributed by atoms with Crippen molar-refractivity contribution in [2.45, 2.75) is 12.8 Å². The fourth-order valence-electron chi connectivity index (χ4n) is 3.93. The van der Waals surface area contributed by atoms with Crippen molar-refractivity contribution >= 4 is 28.6 Å². The van der Waals surface area contributed by atoms with Crippen molar-refractivity contribution < 1.29 is 0 Å². The van der Waals surface area contributed by atoms with Crippen LogP contribution in [-0.2, 0) is 0 Å². The van der Waals surface area contributed by atoms with Gasteiger partial charge >= 0.3 is 0 Å². The van der Waals surface area contributed by atoms with Crippen LogP contribution < -0.4 is 14.7 Å². The van der Waals surface area contributed by atoms with Gasteiger partial charge in [-0.15, -0.1) is 0 Å². The maximum absolute atomic E-state index is 4.92. The first kappa shape index (κ1) is 16.2. The molecular formula is C20H23N7. The molecule has 2 aliphatic heterocycles. The maximum Gasteiger partial charge on any atom is 0.229 e. The van der Waals surface area contributed by atoms with Crippen LogP contribution in [0, 0.1) is 0 Å². The van der Waals surface area contributed by atoms with Crippen LogP contribution in [0.15, 0.2) is 42.7 Å². The zero-order valence-corrected chi connectivity index (χ0v) is 15.3. The highest BCUT2D eigenvalue weighted by Crippen LogP contribution is 2.27. The first-order valence-corrected chi connectivity index (χ1v) is 9.67. The second kappa shape index (κ2) is 6.98. The van der Waals surface area contributed by atoms with Gasteiger partial charge in [-0.05, 0) is 25.0 Å². The summed E-state index contributed by atoms with van der Waals surface area (Å²) in [7, 11) is 0. The smallest absolute Gasteiger partial charge is 0.229 e. The molecule has 2 aliphatic rings. The number of hydrogen-bond acceptors (Lipinski definition) is 7. The highest BCUT2D eigenvalue weighted by atomic mass is 15.3. The van der Waals surface area contributed by atoms with E-state index < -0.39 is 0 Å². The van der Waals surface area contributed by atoms with E-state index >= 15 is 0 Å². The van der Waals surface area contributed by atoms with E-state index in [4.69, 9.17) is 4.98 Å². The molecule has 0 bridgehead atoms. The molecule has 7 heteroatoms. The van der Waals surface area contributed by atoms with Crippen molar-refractivity contribution in [1.29, 1.82) is 0 Å². The summed E-state index contributed by atoms with van der Waals surface area (Å²) in [5.74, 6) is 1.71. The van der Waals surface area contributed by atoms with Crippen molar-refractivity contribution in [1.82, 2.24) is 19.9 Å². The average Bonchev–Trinajstić information content (AvgIpc) is 3.29. The van der Waals surface area contributed by atoms with E-state index in [1.54, 1.807) is 12.4 Å². The minimum absolute atomic E-state index is 0.690. The average molecular weight is 361 g/mol. The lowest BCUT2D eigenvalue weighted by atomic mass is 10.2. The van der Waals surface area contributed by atoms with Crippen molar-refractivity contribution in [3.63, 3.8) is 0 Å². The highest BCUT2D eigenvalue weighted by molar-refractivity contribution is 5.84. The zero-order valence-electron chi connectivity index (χ0n) is 15.3. The Hall–Kier alpha value is -2.96. The lowest BCUT2D eigenvalue weighted by Crippen LogP contribution is -2.47. The molecule has 2 fully saturated rings. The standard InChI is InChI=1S/C20H23N7/c1-2-6-16(7-3-1)25-12-14-26(15-13-25)19-17-18(22-9-8-21-17)23-20(24-19)27-10-4-5-11-27/h1-3,6-9H,4-5,10-15H2. The van der Waals surface area contributed by atoms with Gasteiger partial charge in [0.15, 0.2) is 17.0 Å². The van der Waals surface area contributed by atoms with Gasteiger partial charge in [0.25, 0.3) is 0 Å². The van der Waals surface area contributed by atoms with E-state index in [0.29, 0.717) is 5.65 Å². The Morgan fingerprint density at radius 1 is 0.667 bits per heavy atom. The molecule has 0 radical (unpaired) electrons. The fourth-order valence-corrected chi connectivity index (χ4v) is 3.93. The van der Waals surface area contributed by atoms with Crippen LogP contribution in [0.25, 0.3) is 11.2 Å². The van der Waals surface area contributed by atoms with Crippen LogP contribution in [0.4, 0.5) is 17.5 Å². The molecule has 0 aliphatic carbocycles. The van der Waals surface area contributed by atoms with E-state index in [2.05, 4.69) is 60.0 Å². The van der Waals surface area contributed by atoms with Gasteiger partial charge in [0.2, 0.25) is 5.95 Å². The van der Waals surface area contributed by atoms with Gasteiger partial charge in [0, 0.05) is 57.3 Å². The Bertz CT molecular complexity index is 916. The summed E-state index contributed by atoms with van der Waals surface area (Å²) in [6, 6.07) is 10.6. The molecule has 0 N–H and O–H groups in total. The number of anilines is 3. The molecule has 138 valence electrons. The second-order valence-corrected chi connectivity index (χ2v) is 7.08. The molecule has 5 rings (SSSR count). The minimum atomic E-state index is 0.690. The number of hydrogen-bond donors (Lipinski definition) is 0. The predicted octanol–water partition coefficient (Wildman–Crippen LogP) is 2.35. The van der Waals surface area contributed by atoms with Crippen LogP contribution in [0.5, 0.6) is 0 Å². The monoisotopic (exact) mass is 361 g/mol. The molecule has 4 heterocycles. The van der Waals surface area contributed by atoms with Crippen molar-refractivity contribution in [2.24, 2.45) is 0 Å². The van der Waals surface area contributed by atoms with Crippen molar-refractivity contribution in [3.05, 3.63) is 42.7 Å². The highest BCUT2D eigenvalue weighted by Gasteiger charge is 2.24. The molecule has 0 spiro atoms. The zero-order chi connectivity index (χ0) is 18.1. The maximum atomic E-state index is 4.92. The Morgan fingerprint density at radius 2 is 1.37 bits per heavy atom. The van der Waals surface area contributed by atoms with Crippen LogP contribution in [-0.4, -0.2) is 59.2 Å². The van der Waals surface area contributed by atoms with E-state index in [-0.39, 0.29) is 0 Å². The summed E-state index contributed by atoms with van der Waals surface area (Å²) >= 11 is 0. The predicted molar refractivity (Wildman–Crippen MR) is 107 cm³/mol. The summed E-state index contributed by atoms with van der Waals surface area (Å²) in [4.78, 5) is 25.6. The number of aromatic nitrogens is 4. The Labute approximate surface area is 158 Å². The van der Waals surface area contributed by atoms with E-state index in [1.165, 1.54) is 18.5 Å². The number of benzene rings is 1. The summed E-state index contributed by atoms with van der Waals surface area (Å²) in [6.45, 7) is 5.80. The number of para-hydroxylation sites is 1. The van der Waals surface area contributed by atoms with Crippen LogP contribution >= 0.6 is 0 Å². The van der Waals surface area contributed by atoms with Crippen LogP contribution in [0.1, 0.15) is 12.8 Å². The summed E-state index contributed by atoms with van der Waals surface area (Å²) in [5.41, 5.74) is 2.77. The quantitative estimate of drug-likeness (QED) is 0.709. The SMILES string of the molecule is c1ccc(N2CCN(c3nc(N4CCCC4)nc4nccnc34)CC2)cc1. The minimum Gasteiger partial charge on any atom is -0.368 e. The van der Waals surface area contributed by atoms with Crippen molar-refractivity contribution in [2.75, 3.05) is 54.0 Å². The number of fused-ring (bicyclic) bond motifs is 1. The lowest BCUT2D eigenvalue weighted by Gasteiger charge is -2.37. The third kappa shape index (κ3) is 3.13. The van der Waals surface area contributed by atoms with Gasteiger partial charge in [-0.1, -0.05) is 18.2 Å². The summed E-state index contributed by atoms with van der Waals surface area (Å²) < 4.78 is 0. The first-order chi connectivity index (χ1) is 13.4. The molecule has 0 unspecified atom stereocenters. The Kier molecular flexibility index (Phi) is 4.20. The molecule has 2 saturated heterocycles. The lowest BCUT2D eigenvalue weighted by molar-refractivity contribution is 0.648. The molecule has 0 atom stereocenters. The van der Waals surface area contributed by atoms with E-state index in [0.717, 1.165) is 56.6 Å². The Morgan fingerprint density at radius 3 is 2.15 bits per heavy atom. The molecule has 7 nitrogen and oxygen atoms in total. The molecule has 2 aromatic heterocycles. The first-order valence-electron chi connectivity index (χ1n) is 9.67. The largest absolute Gasteiger partial charge is 0.368 e. The van der Waals surface area contributed by atoms with Crippen molar-refractivity contribution in [3.8, 4) is 0 Å². The number of piperazine rings is 1. The molecule has 3 aromatic rings. The third-order valence-corrected chi connectivity index (χ3v) is 5.39. The van der Waals surface area contributed by atoms with Gasteiger partial charge in [-0.25, -0.2) is 9.97 Å². The number of rotatable bonds is 3. The molecular weight excluding hydrogens is 338 g/mol.